The molecule has 0 aliphatic heterocycles. The number of carbonyl (C=O) groups excluding carboxylic acids is 2. The number of hydrogen-bond acceptors (Lipinski definition) is 5. The van der Waals surface area contributed by atoms with Gasteiger partial charge in [0.15, 0.2) is 5.82 Å². The van der Waals surface area contributed by atoms with Crippen LogP contribution in [-0.2, 0) is 20.9 Å². The second-order valence-corrected chi connectivity index (χ2v) is 6.66. The van der Waals surface area contributed by atoms with Gasteiger partial charge in [-0.2, -0.15) is 5.10 Å². The third kappa shape index (κ3) is 5.96. The second kappa shape index (κ2) is 8.34. The van der Waals surface area contributed by atoms with E-state index < -0.39 is 5.97 Å². The van der Waals surface area contributed by atoms with E-state index in [1.807, 2.05) is 12.1 Å². The Kier molecular flexibility index (Phi) is 6.18. The third-order valence-corrected chi connectivity index (χ3v) is 4.16. The monoisotopic (exact) mass is 362 g/mol. The molecule has 1 heterocycles. The molecule has 1 unspecified atom stereocenters. The second-order valence-electron chi connectivity index (χ2n) is 5.25. The van der Waals surface area contributed by atoms with Gasteiger partial charge >= 0.3 is 5.97 Å². The van der Waals surface area contributed by atoms with Crippen LogP contribution in [0.3, 0.4) is 0 Å². The highest BCUT2D eigenvalue weighted by Gasteiger charge is 2.16. The molecular formula is C16H18N4O4S. The van der Waals surface area contributed by atoms with Gasteiger partial charge in [0.1, 0.15) is 6.54 Å². The number of hydrogen-bond donors (Lipinski definition) is 3. The van der Waals surface area contributed by atoms with Gasteiger partial charge in [-0.15, -0.1) is 11.8 Å². The maximum absolute atomic E-state index is 12.2. The molecule has 0 radical (unpaired) electrons. The predicted octanol–water partition coefficient (Wildman–Crippen LogP) is 2.05. The molecule has 1 aromatic carbocycles. The van der Waals surface area contributed by atoms with Crippen LogP contribution >= 0.6 is 11.8 Å². The first-order valence-electron chi connectivity index (χ1n) is 7.44. The van der Waals surface area contributed by atoms with Crippen molar-refractivity contribution in [1.82, 2.24) is 9.78 Å². The fourth-order valence-corrected chi connectivity index (χ4v) is 2.83. The van der Waals surface area contributed by atoms with Crippen molar-refractivity contribution in [3.63, 3.8) is 0 Å². The number of nitrogens with one attached hydrogen (secondary N) is 2. The van der Waals surface area contributed by atoms with Crippen LogP contribution in [0.1, 0.15) is 13.8 Å². The highest BCUT2D eigenvalue weighted by molar-refractivity contribution is 8.00. The molecule has 0 spiro atoms. The van der Waals surface area contributed by atoms with E-state index >= 15 is 0 Å². The number of amides is 2. The molecule has 0 saturated carbocycles. The Bertz CT molecular complexity index is 773. The topological polar surface area (TPSA) is 113 Å². The van der Waals surface area contributed by atoms with Crippen LogP contribution in [0.2, 0.25) is 0 Å². The molecule has 8 nitrogen and oxygen atoms in total. The van der Waals surface area contributed by atoms with Gasteiger partial charge in [-0.05, 0) is 31.2 Å². The minimum Gasteiger partial charge on any atom is -0.480 e. The van der Waals surface area contributed by atoms with E-state index in [9.17, 15) is 14.4 Å². The number of nitrogens with zero attached hydrogens (tertiary/aromatic N) is 2. The Morgan fingerprint density at radius 2 is 1.88 bits per heavy atom. The fraction of sp³-hybridized carbons (Fsp3) is 0.250. The Morgan fingerprint density at radius 3 is 2.48 bits per heavy atom. The zero-order chi connectivity index (χ0) is 18.4. The number of thioether (sulfide) groups is 1. The summed E-state index contributed by atoms with van der Waals surface area (Å²) in [5.41, 5.74) is 0.693. The van der Waals surface area contributed by atoms with Gasteiger partial charge in [-0.25, -0.2) is 0 Å². The lowest BCUT2D eigenvalue weighted by Gasteiger charge is -2.11. The summed E-state index contributed by atoms with van der Waals surface area (Å²) in [6.07, 6.45) is 1.49. The van der Waals surface area contributed by atoms with Gasteiger partial charge in [0.05, 0.1) is 5.25 Å². The molecule has 1 aromatic heterocycles. The van der Waals surface area contributed by atoms with Crippen LogP contribution < -0.4 is 10.6 Å². The van der Waals surface area contributed by atoms with Crippen LogP contribution in [0.4, 0.5) is 11.5 Å². The molecule has 0 fully saturated rings. The maximum Gasteiger partial charge on any atom is 0.325 e. The van der Waals surface area contributed by atoms with Crippen LogP contribution in [0, 0.1) is 0 Å². The number of benzene rings is 1. The first-order valence-corrected chi connectivity index (χ1v) is 8.32. The van der Waals surface area contributed by atoms with E-state index in [1.165, 1.54) is 29.6 Å². The van der Waals surface area contributed by atoms with Gasteiger partial charge in [-0.3, -0.25) is 19.1 Å². The van der Waals surface area contributed by atoms with Crippen LogP contribution in [0.5, 0.6) is 0 Å². The standard InChI is InChI=1S/C16H18N4O4S/c1-10(25-13-5-3-12(4-6-13)17-11(2)21)16(24)18-14-7-8-20(19-14)9-15(22)23/h3-8,10H,9H2,1-2H3,(H,17,21)(H,22,23)(H,18,19,24). The minimum absolute atomic E-state index is 0.143. The molecule has 9 heteroatoms. The zero-order valence-electron chi connectivity index (χ0n) is 13.7. The van der Waals surface area contributed by atoms with Crippen molar-refractivity contribution < 1.29 is 19.5 Å². The normalized spacial score (nSPS) is 11.6. The molecule has 25 heavy (non-hydrogen) atoms. The Balaban J connectivity index is 1.90. The van der Waals surface area contributed by atoms with E-state index in [0.29, 0.717) is 11.5 Å². The summed E-state index contributed by atoms with van der Waals surface area (Å²) < 4.78 is 1.23. The van der Waals surface area contributed by atoms with E-state index in [-0.39, 0.29) is 23.6 Å². The van der Waals surface area contributed by atoms with E-state index in [1.54, 1.807) is 25.1 Å². The number of aliphatic carboxylic acids is 1. The van der Waals surface area contributed by atoms with Crippen LogP contribution in [-0.4, -0.2) is 37.9 Å². The summed E-state index contributed by atoms with van der Waals surface area (Å²) >= 11 is 1.36. The van der Waals surface area contributed by atoms with Gasteiger partial charge in [-0.1, -0.05) is 0 Å². The lowest BCUT2D eigenvalue weighted by molar-refractivity contribution is -0.137. The van der Waals surface area contributed by atoms with Crippen LogP contribution in [0.15, 0.2) is 41.4 Å². The third-order valence-electron chi connectivity index (χ3n) is 3.05. The van der Waals surface area contributed by atoms with Crippen molar-refractivity contribution in [1.29, 1.82) is 0 Å². The Hall–Kier alpha value is -2.81. The number of carboxylic acid groups (broad SMARTS) is 1. The Labute approximate surface area is 148 Å². The smallest absolute Gasteiger partial charge is 0.325 e. The molecule has 0 saturated heterocycles. The van der Waals surface area contributed by atoms with Gasteiger partial charge in [0.2, 0.25) is 11.8 Å². The molecule has 0 aliphatic rings. The fourth-order valence-electron chi connectivity index (χ4n) is 1.96. The van der Waals surface area contributed by atoms with E-state index in [0.717, 1.165) is 4.90 Å². The molecule has 0 aliphatic carbocycles. The van der Waals surface area contributed by atoms with Gasteiger partial charge in [0, 0.05) is 29.8 Å². The minimum atomic E-state index is -1.01. The van der Waals surface area contributed by atoms with Crippen LogP contribution in [0.25, 0.3) is 0 Å². The van der Waals surface area contributed by atoms with Crippen molar-refractivity contribution in [2.75, 3.05) is 10.6 Å². The molecular weight excluding hydrogens is 344 g/mol. The molecule has 2 rings (SSSR count). The number of anilines is 2. The van der Waals surface area contributed by atoms with E-state index in [4.69, 9.17) is 5.11 Å². The zero-order valence-corrected chi connectivity index (χ0v) is 14.5. The molecule has 1 atom stereocenters. The van der Waals surface area contributed by atoms with Gasteiger partial charge in [0.25, 0.3) is 0 Å². The average molecular weight is 362 g/mol. The highest BCUT2D eigenvalue weighted by Crippen LogP contribution is 2.25. The highest BCUT2D eigenvalue weighted by atomic mass is 32.2. The lowest BCUT2D eigenvalue weighted by atomic mass is 10.3. The molecule has 2 amide bonds. The van der Waals surface area contributed by atoms with Crippen molar-refractivity contribution in [3.8, 4) is 0 Å². The summed E-state index contributed by atoms with van der Waals surface area (Å²) in [7, 11) is 0. The number of aromatic nitrogens is 2. The number of carbonyl (C=O) groups is 3. The molecule has 0 bridgehead atoms. The van der Waals surface area contributed by atoms with Crippen molar-refractivity contribution >= 4 is 41.1 Å². The average Bonchev–Trinajstić information content (AvgIpc) is 2.94. The molecule has 132 valence electrons. The van der Waals surface area contributed by atoms with E-state index in [2.05, 4.69) is 15.7 Å². The summed E-state index contributed by atoms with van der Waals surface area (Å²) in [4.78, 5) is 34.7. The first-order chi connectivity index (χ1) is 11.8. The van der Waals surface area contributed by atoms with Gasteiger partial charge < -0.3 is 15.7 Å². The predicted molar refractivity (Wildman–Crippen MR) is 94.6 cm³/mol. The van der Waals surface area contributed by atoms with Crippen molar-refractivity contribution in [2.45, 2.75) is 30.5 Å². The SMILES string of the molecule is CC(=O)Nc1ccc(SC(C)C(=O)Nc2ccn(CC(=O)O)n2)cc1. The van der Waals surface area contributed by atoms with Crippen molar-refractivity contribution in [3.05, 3.63) is 36.5 Å². The first kappa shape index (κ1) is 18.5. The summed E-state index contributed by atoms with van der Waals surface area (Å²) in [6, 6.07) is 8.72. The molecule has 2 aromatic rings. The maximum atomic E-state index is 12.2. The number of rotatable bonds is 7. The summed E-state index contributed by atoms with van der Waals surface area (Å²) in [5, 5.41) is 17.6. The summed E-state index contributed by atoms with van der Waals surface area (Å²) in [6.45, 7) is 2.93. The largest absolute Gasteiger partial charge is 0.480 e. The quantitative estimate of drug-likeness (QED) is 0.650. The van der Waals surface area contributed by atoms with Crippen molar-refractivity contribution in [2.24, 2.45) is 0 Å². The summed E-state index contributed by atoms with van der Waals surface area (Å²) in [5.74, 6) is -1.08. The number of carboxylic acids is 1. The lowest BCUT2D eigenvalue weighted by Crippen LogP contribution is -2.22. The molecule has 3 N–H and O–H groups in total. The Morgan fingerprint density at radius 1 is 1.20 bits per heavy atom.